The maximum Gasteiger partial charge on any atom is 0.0281 e. The Labute approximate surface area is 87.4 Å². The molecule has 1 saturated heterocycles. The van der Waals surface area contributed by atoms with Gasteiger partial charge in [-0.2, -0.15) is 0 Å². The van der Waals surface area contributed by atoms with E-state index >= 15 is 0 Å². The van der Waals surface area contributed by atoms with Crippen LogP contribution in [0.1, 0.15) is 26.7 Å². The number of piperazine rings is 1. The number of rotatable bonds is 3. The molecule has 2 heteroatoms. The van der Waals surface area contributed by atoms with Gasteiger partial charge in [0.15, 0.2) is 0 Å². The van der Waals surface area contributed by atoms with Crippen LogP contribution in [0.4, 0.5) is 0 Å². The first-order valence-electron chi connectivity index (χ1n) is 5.73. The average molecular weight is 194 g/mol. The normalized spacial score (nSPS) is 32.9. The molecule has 14 heavy (non-hydrogen) atoms. The molecule has 1 N–H and O–H groups in total. The van der Waals surface area contributed by atoms with Gasteiger partial charge in [0.1, 0.15) is 0 Å². The third-order valence-electron chi connectivity index (χ3n) is 3.61. The summed E-state index contributed by atoms with van der Waals surface area (Å²) in [7, 11) is 0. The summed E-state index contributed by atoms with van der Waals surface area (Å²) in [5.41, 5.74) is 0.291. The average Bonchev–Trinajstić information content (AvgIpc) is 2.92. The topological polar surface area (TPSA) is 15.3 Å². The van der Waals surface area contributed by atoms with Crippen LogP contribution < -0.4 is 5.32 Å². The van der Waals surface area contributed by atoms with E-state index in [1.807, 2.05) is 6.08 Å². The third-order valence-corrected chi connectivity index (χ3v) is 3.61. The van der Waals surface area contributed by atoms with Crippen LogP contribution in [0, 0.1) is 5.92 Å². The van der Waals surface area contributed by atoms with Crippen LogP contribution in [0.5, 0.6) is 0 Å². The van der Waals surface area contributed by atoms with Gasteiger partial charge in [-0.1, -0.05) is 6.08 Å². The number of nitrogens with zero attached hydrogens (tertiary/aromatic N) is 1. The monoisotopic (exact) mass is 194 g/mol. The number of nitrogens with one attached hydrogen (secondary N) is 1. The fraction of sp³-hybridized carbons (Fsp3) is 0.833. The highest BCUT2D eigenvalue weighted by Gasteiger charge is 2.39. The standard InChI is InChI=1S/C12H22N2/c1-4-7-14-8-11(10-5-6-10)13-9-12(14,2)3/h4,10-11,13H,1,5-9H2,2-3H3. The van der Waals surface area contributed by atoms with Gasteiger partial charge in [-0.15, -0.1) is 6.58 Å². The van der Waals surface area contributed by atoms with Crippen molar-refractivity contribution in [2.24, 2.45) is 5.92 Å². The fourth-order valence-electron chi connectivity index (χ4n) is 2.33. The lowest BCUT2D eigenvalue weighted by Gasteiger charge is -2.46. The third kappa shape index (κ3) is 2.01. The van der Waals surface area contributed by atoms with Gasteiger partial charge in [0.25, 0.3) is 0 Å². The molecule has 1 saturated carbocycles. The van der Waals surface area contributed by atoms with Crippen molar-refractivity contribution in [1.29, 1.82) is 0 Å². The summed E-state index contributed by atoms with van der Waals surface area (Å²) < 4.78 is 0. The van der Waals surface area contributed by atoms with Gasteiger partial charge >= 0.3 is 0 Å². The van der Waals surface area contributed by atoms with E-state index in [0.717, 1.165) is 25.0 Å². The summed E-state index contributed by atoms with van der Waals surface area (Å²) in [4.78, 5) is 2.56. The largest absolute Gasteiger partial charge is 0.311 e. The molecular weight excluding hydrogens is 172 g/mol. The first-order chi connectivity index (χ1) is 6.63. The number of hydrogen-bond donors (Lipinski definition) is 1. The molecule has 2 aliphatic rings. The zero-order chi connectivity index (χ0) is 10.2. The molecule has 1 unspecified atom stereocenters. The van der Waals surface area contributed by atoms with Crippen molar-refractivity contribution in [3.63, 3.8) is 0 Å². The van der Waals surface area contributed by atoms with Gasteiger partial charge in [-0.05, 0) is 32.6 Å². The van der Waals surface area contributed by atoms with Gasteiger partial charge in [0.05, 0.1) is 0 Å². The predicted molar refractivity (Wildman–Crippen MR) is 60.4 cm³/mol. The maximum absolute atomic E-state index is 3.84. The summed E-state index contributed by atoms with van der Waals surface area (Å²) in [6, 6.07) is 0.739. The van der Waals surface area contributed by atoms with Crippen molar-refractivity contribution in [3.8, 4) is 0 Å². The first-order valence-corrected chi connectivity index (χ1v) is 5.73. The molecule has 0 radical (unpaired) electrons. The Bertz CT molecular complexity index is 218. The van der Waals surface area contributed by atoms with Crippen LogP contribution >= 0.6 is 0 Å². The van der Waals surface area contributed by atoms with E-state index in [4.69, 9.17) is 0 Å². The molecule has 2 fully saturated rings. The lowest BCUT2D eigenvalue weighted by atomic mass is 9.96. The Morgan fingerprint density at radius 2 is 2.21 bits per heavy atom. The van der Waals surface area contributed by atoms with Crippen molar-refractivity contribution in [1.82, 2.24) is 10.2 Å². The second kappa shape index (κ2) is 3.67. The summed E-state index contributed by atoms with van der Waals surface area (Å²) in [6.07, 6.45) is 4.89. The van der Waals surface area contributed by atoms with Crippen molar-refractivity contribution in [2.75, 3.05) is 19.6 Å². The summed E-state index contributed by atoms with van der Waals surface area (Å²) in [5.74, 6) is 0.957. The molecule has 1 aliphatic heterocycles. The van der Waals surface area contributed by atoms with E-state index in [9.17, 15) is 0 Å². The van der Waals surface area contributed by atoms with Crippen molar-refractivity contribution in [3.05, 3.63) is 12.7 Å². The van der Waals surface area contributed by atoms with E-state index in [2.05, 4.69) is 30.6 Å². The fourth-order valence-corrected chi connectivity index (χ4v) is 2.33. The highest BCUT2D eigenvalue weighted by atomic mass is 15.3. The second-order valence-electron chi connectivity index (χ2n) is 5.33. The molecule has 0 aromatic rings. The van der Waals surface area contributed by atoms with Crippen molar-refractivity contribution in [2.45, 2.75) is 38.3 Å². The quantitative estimate of drug-likeness (QED) is 0.687. The molecule has 0 amide bonds. The van der Waals surface area contributed by atoms with E-state index < -0.39 is 0 Å². The molecule has 1 heterocycles. The van der Waals surface area contributed by atoms with Crippen LogP contribution in [0.3, 0.4) is 0 Å². The molecule has 2 nitrogen and oxygen atoms in total. The summed E-state index contributed by atoms with van der Waals surface area (Å²) in [5, 5.41) is 3.68. The Balaban J connectivity index is 1.97. The van der Waals surface area contributed by atoms with Gasteiger partial charge in [0.2, 0.25) is 0 Å². The Morgan fingerprint density at radius 3 is 2.79 bits per heavy atom. The molecule has 80 valence electrons. The van der Waals surface area contributed by atoms with Gasteiger partial charge in [-0.3, -0.25) is 4.90 Å². The van der Waals surface area contributed by atoms with Gasteiger partial charge in [-0.25, -0.2) is 0 Å². The van der Waals surface area contributed by atoms with E-state index in [-0.39, 0.29) is 0 Å². The van der Waals surface area contributed by atoms with Crippen molar-refractivity contribution >= 4 is 0 Å². The van der Waals surface area contributed by atoms with E-state index in [0.29, 0.717) is 5.54 Å². The van der Waals surface area contributed by atoms with E-state index in [1.165, 1.54) is 19.4 Å². The SMILES string of the molecule is C=CCN1CC(C2CC2)NCC1(C)C. The predicted octanol–water partition coefficient (Wildman–Crippen LogP) is 1.63. The highest BCUT2D eigenvalue weighted by molar-refractivity contribution is 4.99. The minimum absolute atomic E-state index is 0.291. The highest BCUT2D eigenvalue weighted by Crippen LogP contribution is 2.35. The molecule has 0 aromatic heterocycles. The van der Waals surface area contributed by atoms with Crippen LogP contribution in [0.15, 0.2) is 12.7 Å². The smallest absolute Gasteiger partial charge is 0.0281 e. The van der Waals surface area contributed by atoms with Gasteiger partial charge in [0, 0.05) is 31.2 Å². The van der Waals surface area contributed by atoms with Crippen LogP contribution in [0.25, 0.3) is 0 Å². The minimum atomic E-state index is 0.291. The van der Waals surface area contributed by atoms with Crippen molar-refractivity contribution < 1.29 is 0 Å². The molecule has 0 aromatic carbocycles. The summed E-state index contributed by atoms with van der Waals surface area (Å²) >= 11 is 0. The molecule has 1 atom stereocenters. The molecule has 0 bridgehead atoms. The molecule has 0 spiro atoms. The second-order valence-corrected chi connectivity index (χ2v) is 5.33. The van der Waals surface area contributed by atoms with Gasteiger partial charge < -0.3 is 5.32 Å². The lowest BCUT2D eigenvalue weighted by molar-refractivity contribution is 0.0728. The zero-order valence-electron chi connectivity index (χ0n) is 9.42. The van der Waals surface area contributed by atoms with Crippen LogP contribution in [-0.2, 0) is 0 Å². The first kappa shape index (κ1) is 10.2. The Kier molecular flexibility index (Phi) is 2.67. The maximum atomic E-state index is 3.84. The van der Waals surface area contributed by atoms with Crippen LogP contribution in [-0.4, -0.2) is 36.1 Å². The Hall–Kier alpha value is -0.340. The minimum Gasteiger partial charge on any atom is -0.311 e. The molecule has 1 aliphatic carbocycles. The molecular formula is C12H22N2. The zero-order valence-corrected chi connectivity index (χ0v) is 9.42. The Morgan fingerprint density at radius 1 is 1.50 bits per heavy atom. The molecule has 2 rings (SSSR count). The number of hydrogen-bond acceptors (Lipinski definition) is 2. The summed E-state index contributed by atoms with van der Waals surface area (Å²) in [6.45, 7) is 11.8. The van der Waals surface area contributed by atoms with Crippen LogP contribution in [0.2, 0.25) is 0 Å². The van der Waals surface area contributed by atoms with E-state index in [1.54, 1.807) is 0 Å². The lowest BCUT2D eigenvalue weighted by Crippen LogP contribution is -2.62.